The lowest BCUT2D eigenvalue weighted by Gasteiger charge is -2.17. The number of nitrogens with zero attached hydrogens (tertiary/aromatic N) is 2. The first-order valence-corrected chi connectivity index (χ1v) is 10.6. The average molecular weight is 438 g/mol. The van der Waals surface area contributed by atoms with E-state index in [1.165, 1.54) is 45.9 Å². The van der Waals surface area contributed by atoms with Crippen molar-refractivity contribution < 1.29 is 22.6 Å². The summed E-state index contributed by atoms with van der Waals surface area (Å²) in [5.74, 6) is 1.57. The lowest BCUT2D eigenvalue weighted by molar-refractivity contribution is 0.327. The molecule has 29 heavy (non-hydrogen) atoms. The second-order valence-electron chi connectivity index (χ2n) is 5.93. The Morgan fingerprint density at radius 3 is 2.38 bits per heavy atom. The van der Waals surface area contributed by atoms with Crippen LogP contribution in [0.2, 0.25) is 5.02 Å². The molecule has 0 saturated carbocycles. The van der Waals surface area contributed by atoms with Crippen molar-refractivity contribution in [2.24, 2.45) is 0 Å². The lowest BCUT2D eigenvalue weighted by Crippen LogP contribution is -2.05. The maximum atomic E-state index is 12.2. The standard InChI is InChI=1S/C19H20ClN3O5S/c1-5-29(24,25)11-6-7-12(20)13(8-11)23-19-16-14(21-10-22-19)9-15(26-2)17(27-3)18(16)28-4/h6-10H,5H2,1-4H3,(H,21,22,23). The molecule has 8 nitrogen and oxygen atoms in total. The maximum Gasteiger partial charge on any atom is 0.204 e. The van der Waals surface area contributed by atoms with Gasteiger partial charge in [-0.2, -0.15) is 0 Å². The highest BCUT2D eigenvalue weighted by atomic mass is 35.5. The summed E-state index contributed by atoms with van der Waals surface area (Å²) in [6, 6.07) is 6.17. The third kappa shape index (κ3) is 3.88. The molecule has 1 aromatic heterocycles. The van der Waals surface area contributed by atoms with Gasteiger partial charge in [0.15, 0.2) is 21.3 Å². The summed E-state index contributed by atoms with van der Waals surface area (Å²) < 4.78 is 40.8. The number of benzene rings is 2. The van der Waals surface area contributed by atoms with Gasteiger partial charge in [-0.15, -0.1) is 0 Å². The number of nitrogens with one attached hydrogen (secondary N) is 1. The fourth-order valence-corrected chi connectivity index (χ4v) is 3.94. The molecule has 1 heterocycles. The molecule has 0 fully saturated rings. The van der Waals surface area contributed by atoms with Gasteiger partial charge >= 0.3 is 0 Å². The smallest absolute Gasteiger partial charge is 0.204 e. The second kappa shape index (κ2) is 8.30. The van der Waals surface area contributed by atoms with Crippen LogP contribution in [0.5, 0.6) is 17.2 Å². The molecule has 0 aliphatic heterocycles. The molecule has 1 N–H and O–H groups in total. The van der Waals surface area contributed by atoms with E-state index in [2.05, 4.69) is 15.3 Å². The quantitative estimate of drug-likeness (QED) is 0.595. The monoisotopic (exact) mass is 437 g/mol. The minimum atomic E-state index is -3.40. The average Bonchev–Trinajstić information content (AvgIpc) is 2.73. The van der Waals surface area contributed by atoms with Crippen LogP contribution in [0.15, 0.2) is 35.5 Å². The van der Waals surface area contributed by atoms with E-state index < -0.39 is 9.84 Å². The molecule has 0 aliphatic rings. The Bertz CT molecular complexity index is 1170. The number of anilines is 2. The van der Waals surface area contributed by atoms with E-state index in [1.807, 2.05) is 0 Å². The number of halogens is 1. The topological polar surface area (TPSA) is 99.6 Å². The number of aromatic nitrogens is 2. The molecule has 0 unspecified atom stereocenters. The maximum absolute atomic E-state index is 12.2. The van der Waals surface area contributed by atoms with Crippen molar-refractivity contribution in [3.05, 3.63) is 35.6 Å². The minimum Gasteiger partial charge on any atom is -0.493 e. The van der Waals surface area contributed by atoms with E-state index in [-0.39, 0.29) is 10.6 Å². The van der Waals surface area contributed by atoms with E-state index in [1.54, 1.807) is 13.0 Å². The second-order valence-corrected chi connectivity index (χ2v) is 8.62. The zero-order valence-corrected chi connectivity index (χ0v) is 17.9. The Balaban J connectivity index is 2.21. The van der Waals surface area contributed by atoms with Crippen LogP contribution >= 0.6 is 11.6 Å². The Labute approximate surface area is 173 Å². The molecular weight excluding hydrogens is 418 g/mol. The van der Waals surface area contributed by atoms with Crippen LogP contribution in [0.25, 0.3) is 10.9 Å². The van der Waals surface area contributed by atoms with Gasteiger partial charge in [-0.05, 0) is 18.2 Å². The summed E-state index contributed by atoms with van der Waals surface area (Å²) in [6.07, 6.45) is 1.37. The van der Waals surface area contributed by atoms with Crippen molar-refractivity contribution in [1.82, 2.24) is 9.97 Å². The van der Waals surface area contributed by atoms with Crippen molar-refractivity contribution in [3.8, 4) is 17.2 Å². The van der Waals surface area contributed by atoms with Crippen LogP contribution in [-0.4, -0.2) is 45.5 Å². The zero-order valence-electron chi connectivity index (χ0n) is 16.3. The number of fused-ring (bicyclic) bond motifs is 1. The van der Waals surface area contributed by atoms with Crippen molar-refractivity contribution >= 4 is 43.8 Å². The highest BCUT2D eigenvalue weighted by molar-refractivity contribution is 7.91. The van der Waals surface area contributed by atoms with Crippen LogP contribution in [0, 0.1) is 0 Å². The number of hydrogen-bond donors (Lipinski definition) is 1. The van der Waals surface area contributed by atoms with Gasteiger partial charge in [0.2, 0.25) is 5.75 Å². The fraction of sp³-hybridized carbons (Fsp3) is 0.263. The summed E-state index contributed by atoms with van der Waals surface area (Å²) in [5, 5.41) is 3.97. The Kier molecular flexibility index (Phi) is 5.99. The molecule has 0 aliphatic carbocycles. The van der Waals surface area contributed by atoms with Gasteiger partial charge in [0.1, 0.15) is 12.1 Å². The number of sulfone groups is 1. The highest BCUT2D eigenvalue weighted by Gasteiger charge is 2.21. The number of hydrogen-bond acceptors (Lipinski definition) is 8. The SMILES string of the molecule is CCS(=O)(=O)c1ccc(Cl)c(Nc2ncnc3cc(OC)c(OC)c(OC)c23)c1. The molecule has 3 aromatic rings. The molecule has 0 radical (unpaired) electrons. The zero-order chi connectivity index (χ0) is 21.2. The molecule has 0 amide bonds. The van der Waals surface area contributed by atoms with Crippen LogP contribution in [0.4, 0.5) is 11.5 Å². The van der Waals surface area contributed by atoms with Gasteiger partial charge in [0.05, 0.1) is 53.6 Å². The van der Waals surface area contributed by atoms with Gasteiger partial charge < -0.3 is 19.5 Å². The Morgan fingerprint density at radius 1 is 1.03 bits per heavy atom. The van der Waals surface area contributed by atoms with Gasteiger partial charge in [0.25, 0.3) is 0 Å². The van der Waals surface area contributed by atoms with Gasteiger partial charge in [0, 0.05) is 6.07 Å². The van der Waals surface area contributed by atoms with Gasteiger partial charge in [-0.3, -0.25) is 0 Å². The fourth-order valence-electron chi connectivity index (χ4n) is 2.87. The van der Waals surface area contributed by atoms with Crippen molar-refractivity contribution in [2.45, 2.75) is 11.8 Å². The third-order valence-corrected chi connectivity index (χ3v) is 6.42. The normalized spacial score (nSPS) is 11.3. The van der Waals surface area contributed by atoms with E-state index in [9.17, 15) is 8.42 Å². The molecule has 0 saturated heterocycles. The van der Waals surface area contributed by atoms with Gasteiger partial charge in [-0.1, -0.05) is 18.5 Å². The summed E-state index contributed by atoms with van der Waals surface area (Å²) in [6.45, 7) is 1.58. The third-order valence-electron chi connectivity index (χ3n) is 4.36. The van der Waals surface area contributed by atoms with Crippen molar-refractivity contribution in [2.75, 3.05) is 32.4 Å². The number of ether oxygens (including phenoxy) is 3. The Morgan fingerprint density at radius 2 is 1.76 bits per heavy atom. The lowest BCUT2D eigenvalue weighted by atomic mass is 10.1. The largest absolute Gasteiger partial charge is 0.493 e. The van der Waals surface area contributed by atoms with Crippen molar-refractivity contribution in [1.29, 1.82) is 0 Å². The molecule has 0 bridgehead atoms. The van der Waals surface area contributed by atoms with Crippen LogP contribution < -0.4 is 19.5 Å². The first-order valence-electron chi connectivity index (χ1n) is 8.59. The minimum absolute atomic E-state index is 0.0185. The molecule has 3 rings (SSSR count). The molecule has 0 spiro atoms. The van der Waals surface area contributed by atoms with E-state index in [0.29, 0.717) is 44.7 Å². The molecule has 2 aromatic carbocycles. The van der Waals surface area contributed by atoms with Crippen LogP contribution in [0.3, 0.4) is 0 Å². The van der Waals surface area contributed by atoms with E-state index >= 15 is 0 Å². The number of methoxy groups -OCH3 is 3. The molecule has 0 atom stereocenters. The summed E-state index contributed by atoms with van der Waals surface area (Å²) in [4.78, 5) is 8.72. The first-order chi connectivity index (χ1) is 13.9. The summed E-state index contributed by atoms with van der Waals surface area (Å²) in [7, 11) is 1.11. The first kappa shape index (κ1) is 20.9. The van der Waals surface area contributed by atoms with Gasteiger partial charge in [-0.25, -0.2) is 18.4 Å². The number of rotatable bonds is 7. The molecule has 10 heteroatoms. The predicted octanol–water partition coefficient (Wildman–Crippen LogP) is 3.85. The van der Waals surface area contributed by atoms with E-state index in [0.717, 1.165) is 0 Å². The predicted molar refractivity (Wildman–Crippen MR) is 112 cm³/mol. The van der Waals surface area contributed by atoms with Crippen LogP contribution in [-0.2, 0) is 9.84 Å². The Hall–Kier alpha value is -2.78. The van der Waals surface area contributed by atoms with Crippen molar-refractivity contribution in [3.63, 3.8) is 0 Å². The van der Waals surface area contributed by atoms with E-state index in [4.69, 9.17) is 25.8 Å². The van der Waals surface area contributed by atoms with Crippen LogP contribution in [0.1, 0.15) is 6.92 Å². The molecule has 154 valence electrons. The highest BCUT2D eigenvalue weighted by Crippen LogP contribution is 2.45. The summed E-state index contributed by atoms with van der Waals surface area (Å²) >= 11 is 6.29. The molecular formula is C19H20ClN3O5S. The summed E-state index contributed by atoms with van der Waals surface area (Å²) in [5.41, 5.74) is 0.934.